The SMILES string of the molecule is CC(OC(=O)C(C)(C)Br)Oc1cccc([S+](c2ccccc2)c2ccccc2)c1. The van der Waals surface area contributed by atoms with Gasteiger partial charge in [-0.25, -0.2) is 0 Å². The predicted octanol–water partition coefficient (Wildman–Crippen LogP) is 6.22. The van der Waals surface area contributed by atoms with Crippen LogP contribution in [0.3, 0.4) is 0 Å². The summed E-state index contributed by atoms with van der Waals surface area (Å²) in [4.78, 5) is 15.7. The first-order chi connectivity index (χ1) is 13.8. The molecule has 3 aromatic rings. The zero-order valence-corrected chi connectivity index (χ0v) is 19.1. The van der Waals surface area contributed by atoms with E-state index in [4.69, 9.17) is 9.47 Å². The molecular weight excluding hydrogens is 448 g/mol. The highest BCUT2D eigenvalue weighted by atomic mass is 79.9. The molecule has 29 heavy (non-hydrogen) atoms. The maximum Gasteiger partial charge on any atom is 0.325 e. The lowest BCUT2D eigenvalue weighted by atomic mass is 10.2. The van der Waals surface area contributed by atoms with Crippen LogP contribution in [0.15, 0.2) is 99.6 Å². The Bertz CT molecular complexity index is 900. The van der Waals surface area contributed by atoms with E-state index in [0.717, 1.165) is 4.90 Å². The zero-order valence-electron chi connectivity index (χ0n) is 16.7. The molecule has 0 bridgehead atoms. The van der Waals surface area contributed by atoms with Crippen molar-refractivity contribution in [2.75, 3.05) is 0 Å². The van der Waals surface area contributed by atoms with Gasteiger partial charge in [0.1, 0.15) is 10.1 Å². The highest BCUT2D eigenvalue weighted by Gasteiger charge is 2.30. The first kappa shape index (κ1) is 21.5. The number of halogens is 1. The van der Waals surface area contributed by atoms with Gasteiger partial charge in [0, 0.05) is 13.0 Å². The van der Waals surface area contributed by atoms with E-state index < -0.39 is 10.6 Å². The molecule has 0 heterocycles. The second-order valence-electron chi connectivity index (χ2n) is 6.97. The van der Waals surface area contributed by atoms with Gasteiger partial charge in [0.15, 0.2) is 14.7 Å². The quantitative estimate of drug-likeness (QED) is 0.177. The van der Waals surface area contributed by atoms with E-state index in [1.54, 1.807) is 20.8 Å². The Labute approximate surface area is 183 Å². The highest BCUT2D eigenvalue weighted by Crippen LogP contribution is 2.33. The van der Waals surface area contributed by atoms with E-state index in [-0.39, 0.29) is 16.9 Å². The smallest absolute Gasteiger partial charge is 0.325 e. The van der Waals surface area contributed by atoms with E-state index in [1.165, 1.54) is 9.79 Å². The number of hydrogen-bond donors (Lipinski definition) is 0. The summed E-state index contributed by atoms with van der Waals surface area (Å²) in [5, 5.41) is 0. The van der Waals surface area contributed by atoms with Crippen LogP contribution < -0.4 is 4.74 Å². The van der Waals surface area contributed by atoms with Crippen LogP contribution in [0, 0.1) is 0 Å². The standard InChI is InChI=1S/C24H24BrO3S/c1-18(28-23(26)24(2,3)25)27-19-11-10-16-22(17-19)29(20-12-6-4-7-13-20)21-14-8-5-9-15-21/h4-18H,1-3H3/q+1. The summed E-state index contributed by atoms with van der Waals surface area (Å²) in [5.74, 6) is 0.300. The Balaban J connectivity index is 1.87. The molecule has 0 radical (unpaired) electrons. The number of carbonyl (C=O) groups excluding carboxylic acids is 1. The Kier molecular flexibility index (Phi) is 7.04. The molecule has 0 fully saturated rings. The average Bonchev–Trinajstić information content (AvgIpc) is 2.69. The molecule has 0 aliphatic rings. The number of hydrogen-bond acceptors (Lipinski definition) is 3. The van der Waals surface area contributed by atoms with Crippen LogP contribution in [-0.4, -0.2) is 16.6 Å². The molecule has 0 aliphatic heterocycles. The first-order valence-corrected chi connectivity index (χ1v) is 11.4. The third kappa shape index (κ3) is 5.87. The monoisotopic (exact) mass is 471 g/mol. The lowest BCUT2D eigenvalue weighted by Gasteiger charge is -2.20. The van der Waals surface area contributed by atoms with Crippen LogP contribution in [-0.2, 0) is 20.4 Å². The molecule has 0 aromatic heterocycles. The molecule has 0 saturated heterocycles. The van der Waals surface area contributed by atoms with Gasteiger partial charge in [-0.15, -0.1) is 0 Å². The summed E-state index contributed by atoms with van der Waals surface area (Å²) in [6.07, 6.45) is -0.690. The molecule has 1 unspecified atom stereocenters. The summed E-state index contributed by atoms with van der Waals surface area (Å²) in [6.45, 7) is 5.21. The molecule has 0 aliphatic carbocycles. The third-order valence-corrected chi connectivity index (χ3v) is 6.60. The van der Waals surface area contributed by atoms with Crippen molar-refractivity contribution < 1.29 is 14.3 Å². The van der Waals surface area contributed by atoms with E-state index in [2.05, 4.69) is 70.5 Å². The molecular formula is C24H24BrO3S+. The maximum atomic E-state index is 12.1. The number of carbonyl (C=O) groups is 1. The number of alkyl halides is 1. The average molecular weight is 472 g/mol. The summed E-state index contributed by atoms with van der Waals surface area (Å²) in [7, 11) is -0.260. The van der Waals surface area contributed by atoms with Crippen LogP contribution in [0.1, 0.15) is 20.8 Å². The van der Waals surface area contributed by atoms with E-state index >= 15 is 0 Å². The van der Waals surface area contributed by atoms with Gasteiger partial charge in [-0.2, -0.15) is 0 Å². The van der Waals surface area contributed by atoms with Crippen LogP contribution in [0.25, 0.3) is 0 Å². The number of ether oxygens (including phenoxy) is 2. The summed E-state index contributed by atoms with van der Waals surface area (Å²) < 4.78 is 10.5. The first-order valence-electron chi connectivity index (χ1n) is 9.36. The van der Waals surface area contributed by atoms with E-state index in [9.17, 15) is 4.79 Å². The number of esters is 1. The molecule has 0 saturated carbocycles. The van der Waals surface area contributed by atoms with E-state index in [0.29, 0.717) is 5.75 Å². The van der Waals surface area contributed by atoms with Crippen molar-refractivity contribution in [2.24, 2.45) is 0 Å². The van der Waals surface area contributed by atoms with Crippen LogP contribution >= 0.6 is 15.9 Å². The van der Waals surface area contributed by atoms with Gasteiger partial charge >= 0.3 is 5.97 Å². The minimum Gasteiger partial charge on any atom is -0.455 e. The molecule has 1 atom stereocenters. The van der Waals surface area contributed by atoms with Crippen molar-refractivity contribution in [3.63, 3.8) is 0 Å². The van der Waals surface area contributed by atoms with Crippen molar-refractivity contribution in [3.8, 4) is 5.75 Å². The highest BCUT2D eigenvalue weighted by molar-refractivity contribution is 9.10. The molecule has 5 heteroatoms. The lowest BCUT2D eigenvalue weighted by molar-refractivity contribution is -0.163. The predicted molar refractivity (Wildman–Crippen MR) is 121 cm³/mol. The molecule has 0 spiro atoms. The second-order valence-corrected chi connectivity index (χ2v) is 11.0. The molecule has 3 nitrogen and oxygen atoms in total. The fraction of sp³-hybridized carbons (Fsp3) is 0.208. The molecule has 3 rings (SSSR count). The van der Waals surface area contributed by atoms with Gasteiger partial charge in [-0.05, 0) is 50.2 Å². The van der Waals surface area contributed by atoms with Crippen molar-refractivity contribution in [2.45, 2.75) is 46.1 Å². The fourth-order valence-corrected chi connectivity index (χ4v) is 4.92. The Hall–Kier alpha value is -2.24. The number of rotatable bonds is 7. The normalized spacial score (nSPS) is 12.4. The van der Waals surface area contributed by atoms with Crippen molar-refractivity contribution in [1.82, 2.24) is 0 Å². The largest absolute Gasteiger partial charge is 0.455 e. The minimum absolute atomic E-state index is 0.260. The lowest BCUT2D eigenvalue weighted by Crippen LogP contribution is -2.32. The van der Waals surface area contributed by atoms with Gasteiger partial charge in [0.05, 0.1) is 10.9 Å². The van der Waals surface area contributed by atoms with Crippen LogP contribution in [0.5, 0.6) is 5.75 Å². The van der Waals surface area contributed by atoms with Gasteiger partial charge in [0.2, 0.25) is 6.29 Å². The molecule has 0 amide bonds. The summed E-state index contributed by atoms with van der Waals surface area (Å²) in [6, 6.07) is 28.8. The van der Waals surface area contributed by atoms with Crippen LogP contribution in [0.4, 0.5) is 0 Å². The topological polar surface area (TPSA) is 35.5 Å². The Morgan fingerprint density at radius 1 is 0.862 bits per heavy atom. The van der Waals surface area contributed by atoms with Gasteiger partial charge in [0.25, 0.3) is 0 Å². The molecule has 150 valence electrons. The Morgan fingerprint density at radius 2 is 1.38 bits per heavy atom. The van der Waals surface area contributed by atoms with Crippen molar-refractivity contribution >= 4 is 32.8 Å². The van der Waals surface area contributed by atoms with Gasteiger partial charge in [-0.1, -0.05) is 58.4 Å². The van der Waals surface area contributed by atoms with E-state index in [1.807, 2.05) is 30.3 Å². The van der Waals surface area contributed by atoms with Crippen molar-refractivity contribution in [3.05, 3.63) is 84.9 Å². The molecule has 0 N–H and O–H groups in total. The third-order valence-electron chi connectivity index (χ3n) is 4.06. The Morgan fingerprint density at radius 3 is 1.90 bits per heavy atom. The summed E-state index contributed by atoms with van der Waals surface area (Å²) in [5.41, 5.74) is 0. The minimum atomic E-state index is -0.750. The van der Waals surface area contributed by atoms with Gasteiger partial charge < -0.3 is 9.47 Å². The van der Waals surface area contributed by atoms with Gasteiger partial charge in [-0.3, -0.25) is 4.79 Å². The van der Waals surface area contributed by atoms with Crippen LogP contribution in [0.2, 0.25) is 0 Å². The fourth-order valence-electron chi connectivity index (χ4n) is 2.70. The van der Waals surface area contributed by atoms with Crippen molar-refractivity contribution in [1.29, 1.82) is 0 Å². The maximum absolute atomic E-state index is 12.1. The molecule has 3 aromatic carbocycles. The summed E-state index contributed by atoms with van der Waals surface area (Å²) >= 11 is 3.31. The second kappa shape index (κ2) is 9.51. The zero-order chi connectivity index (χ0) is 20.9. The number of benzene rings is 3.